The monoisotopic (exact) mass is 486 g/mol. The molecule has 0 aliphatic carbocycles. The third kappa shape index (κ3) is 4.67. The molecular weight excluding hydrogens is 456 g/mol. The van der Waals surface area contributed by atoms with Crippen LogP contribution in [-0.2, 0) is 4.74 Å². The molecule has 7 heteroatoms. The van der Waals surface area contributed by atoms with E-state index < -0.39 is 0 Å². The summed E-state index contributed by atoms with van der Waals surface area (Å²) in [5.41, 5.74) is 4.04. The van der Waals surface area contributed by atoms with Gasteiger partial charge < -0.3 is 23.9 Å². The number of aryl methyl sites for hydroxylation is 1. The first-order chi connectivity index (χ1) is 17.6. The number of nitrogens with one attached hydrogen (secondary N) is 1. The first kappa shape index (κ1) is 23.9. The molecule has 0 bridgehead atoms. The molecule has 36 heavy (non-hydrogen) atoms. The summed E-state index contributed by atoms with van der Waals surface area (Å²) in [7, 11) is 3.24. The van der Waals surface area contributed by atoms with Gasteiger partial charge in [0, 0.05) is 24.0 Å². The van der Waals surface area contributed by atoms with Gasteiger partial charge in [0.2, 0.25) is 0 Å². The highest BCUT2D eigenvalue weighted by molar-refractivity contribution is 6.09. The summed E-state index contributed by atoms with van der Waals surface area (Å²) < 4.78 is 23.2. The molecule has 186 valence electrons. The van der Waals surface area contributed by atoms with Crippen molar-refractivity contribution in [2.75, 3.05) is 45.8 Å². The van der Waals surface area contributed by atoms with Crippen molar-refractivity contribution in [1.82, 2.24) is 4.90 Å². The largest absolute Gasteiger partial charge is 0.493 e. The quantitative estimate of drug-likeness (QED) is 0.375. The minimum atomic E-state index is -0.269. The van der Waals surface area contributed by atoms with Crippen molar-refractivity contribution in [3.8, 4) is 11.5 Å². The maximum Gasteiger partial charge on any atom is 0.255 e. The van der Waals surface area contributed by atoms with Crippen molar-refractivity contribution in [2.24, 2.45) is 0 Å². The Labute approximate surface area is 210 Å². The molecule has 4 aromatic rings. The van der Waals surface area contributed by atoms with E-state index in [4.69, 9.17) is 18.6 Å². The summed E-state index contributed by atoms with van der Waals surface area (Å²) in [4.78, 5) is 15.6. The highest BCUT2D eigenvalue weighted by atomic mass is 16.5. The second-order valence-electron chi connectivity index (χ2n) is 8.82. The third-order valence-electron chi connectivity index (χ3n) is 6.56. The number of benzene rings is 3. The van der Waals surface area contributed by atoms with E-state index in [1.165, 1.54) is 0 Å². The molecule has 1 fully saturated rings. The highest BCUT2D eigenvalue weighted by Crippen LogP contribution is 2.42. The number of hydrogen-bond donors (Lipinski definition) is 1. The first-order valence-corrected chi connectivity index (χ1v) is 12.0. The summed E-state index contributed by atoms with van der Waals surface area (Å²) in [5.74, 6) is 1.77. The third-order valence-corrected chi connectivity index (χ3v) is 6.56. The zero-order valence-electron chi connectivity index (χ0n) is 20.7. The Morgan fingerprint density at radius 3 is 2.39 bits per heavy atom. The number of para-hydroxylation sites is 1. The van der Waals surface area contributed by atoms with Crippen LogP contribution in [0.3, 0.4) is 0 Å². The SMILES string of the molecule is COc1ccc(C(c2oc3ccccc3c2NC(=O)c2ccc(C)cc2)N2CCOCC2)cc1OC. The lowest BCUT2D eigenvalue weighted by Gasteiger charge is -2.34. The van der Waals surface area contributed by atoms with Crippen LogP contribution in [0.25, 0.3) is 11.0 Å². The molecule has 1 amide bonds. The van der Waals surface area contributed by atoms with Gasteiger partial charge in [-0.05, 0) is 48.9 Å². The number of fused-ring (bicyclic) bond motifs is 1. The van der Waals surface area contributed by atoms with Gasteiger partial charge in [0.05, 0.1) is 39.2 Å². The van der Waals surface area contributed by atoms with Crippen molar-refractivity contribution in [3.05, 3.63) is 89.2 Å². The lowest BCUT2D eigenvalue weighted by Crippen LogP contribution is -2.39. The summed E-state index contributed by atoms with van der Waals surface area (Å²) >= 11 is 0. The molecule has 5 rings (SSSR count). The van der Waals surface area contributed by atoms with Gasteiger partial charge in [0.1, 0.15) is 11.3 Å². The predicted octanol–water partition coefficient (Wildman–Crippen LogP) is 5.43. The topological polar surface area (TPSA) is 73.2 Å². The number of ether oxygens (including phenoxy) is 3. The second kappa shape index (κ2) is 10.4. The van der Waals surface area contributed by atoms with E-state index >= 15 is 0 Å². The van der Waals surface area contributed by atoms with Crippen LogP contribution >= 0.6 is 0 Å². The summed E-state index contributed by atoms with van der Waals surface area (Å²) in [6.45, 7) is 4.69. The van der Waals surface area contributed by atoms with E-state index in [2.05, 4.69) is 10.2 Å². The number of amides is 1. The number of hydrogen-bond acceptors (Lipinski definition) is 6. The Balaban J connectivity index is 1.64. The Morgan fingerprint density at radius 1 is 0.944 bits per heavy atom. The fraction of sp³-hybridized carbons (Fsp3) is 0.276. The van der Waals surface area contributed by atoms with Crippen LogP contribution in [0.5, 0.6) is 11.5 Å². The van der Waals surface area contributed by atoms with Gasteiger partial charge in [-0.2, -0.15) is 0 Å². The van der Waals surface area contributed by atoms with Crippen molar-refractivity contribution < 1.29 is 23.4 Å². The normalized spacial score (nSPS) is 15.0. The lowest BCUT2D eigenvalue weighted by molar-refractivity contribution is 0.0206. The van der Waals surface area contributed by atoms with Gasteiger partial charge in [-0.15, -0.1) is 0 Å². The average molecular weight is 487 g/mol. The maximum absolute atomic E-state index is 13.3. The van der Waals surface area contributed by atoms with Gasteiger partial charge >= 0.3 is 0 Å². The number of nitrogens with zero attached hydrogens (tertiary/aromatic N) is 1. The molecule has 1 atom stereocenters. The fourth-order valence-corrected chi connectivity index (χ4v) is 4.66. The maximum atomic E-state index is 13.3. The molecule has 3 aromatic carbocycles. The number of morpholine rings is 1. The number of anilines is 1. The first-order valence-electron chi connectivity index (χ1n) is 12.0. The minimum absolute atomic E-state index is 0.184. The van der Waals surface area contributed by atoms with E-state index in [1.54, 1.807) is 14.2 Å². The Hall–Kier alpha value is -3.81. The van der Waals surface area contributed by atoms with E-state index in [0.29, 0.717) is 47.3 Å². The Kier molecular flexibility index (Phi) is 6.93. The fourth-order valence-electron chi connectivity index (χ4n) is 4.66. The standard InChI is InChI=1S/C29H30N2O5/c1-19-8-10-20(11-9-19)29(32)30-26-22-6-4-5-7-23(22)36-28(26)27(31-14-16-35-17-15-31)21-12-13-24(33-2)25(18-21)34-3/h4-13,18,27H,14-17H2,1-3H3,(H,30,32). The number of furan rings is 1. The molecule has 1 aliphatic rings. The number of methoxy groups -OCH3 is 2. The van der Waals surface area contributed by atoms with Crippen LogP contribution in [0.4, 0.5) is 5.69 Å². The van der Waals surface area contributed by atoms with Crippen LogP contribution in [0.2, 0.25) is 0 Å². The Morgan fingerprint density at radius 2 is 1.67 bits per heavy atom. The highest BCUT2D eigenvalue weighted by Gasteiger charge is 2.32. The molecule has 2 heterocycles. The average Bonchev–Trinajstić information content (AvgIpc) is 3.27. The second-order valence-corrected chi connectivity index (χ2v) is 8.82. The van der Waals surface area contributed by atoms with Crippen LogP contribution in [0.15, 0.2) is 71.1 Å². The van der Waals surface area contributed by atoms with Gasteiger partial charge in [0.25, 0.3) is 5.91 Å². The predicted molar refractivity (Wildman–Crippen MR) is 139 cm³/mol. The summed E-state index contributed by atoms with van der Waals surface area (Å²) in [6, 6.07) is 20.9. The van der Waals surface area contributed by atoms with Gasteiger partial charge in [-0.1, -0.05) is 35.9 Å². The Bertz CT molecular complexity index is 1360. The molecule has 0 spiro atoms. The van der Waals surface area contributed by atoms with Crippen molar-refractivity contribution >= 4 is 22.6 Å². The molecule has 7 nitrogen and oxygen atoms in total. The number of carbonyl (C=O) groups is 1. The molecule has 1 aromatic heterocycles. The van der Waals surface area contributed by atoms with Crippen LogP contribution < -0.4 is 14.8 Å². The van der Waals surface area contributed by atoms with E-state index in [1.807, 2.05) is 73.7 Å². The smallest absolute Gasteiger partial charge is 0.255 e. The number of carbonyl (C=O) groups excluding carboxylic acids is 1. The van der Waals surface area contributed by atoms with Gasteiger partial charge in [0.15, 0.2) is 11.5 Å². The molecule has 0 radical (unpaired) electrons. The summed E-state index contributed by atoms with van der Waals surface area (Å²) in [6.07, 6.45) is 0. The van der Waals surface area contributed by atoms with Crippen molar-refractivity contribution in [3.63, 3.8) is 0 Å². The van der Waals surface area contributed by atoms with E-state index in [-0.39, 0.29) is 11.9 Å². The molecule has 1 unspecified atom stereocenters. The molecule has 1 saturated heterocycles. The molecule has 1 aliphatic heterocycles. The summed E-state index contributed by atoms with van der Waals surface area (Å²) in [5, 5.41) is 4.02. The van der Waals surface area contributed by atoms with Crippen molar-refractivity contribution in [2.45, 2.75) is 13.0 Å². The zero-order valence-corrected chi connectivity index (χ0v) is 20.7. The molecule has 0 saturated carbocycles. The molecule has 1 N–H and O–H groups in total. The van der Waals surface area contributed by atoms with Gasteiger partial charge in [-0.25, -0.2) is 0 Å². The van der Waals surface area contributed by atoms with Crippen molar-refractivity contribution in [1.29, 1.82) is 0 Å². The van der Waals surface area contributed by atoms with Gasteiger partial charge in [-0.3, -0.25) is 9.69 Å². The minimum Gasteiger partial charge on any atom is -0.493 e. The number of rotatable bonds is 7. The van der Waals surface area contributed by atoms with Crippen LogP contribution in [0.1, 0.15) is 33.3 Å². The molecular formula is C29H30N2O5. The lowest BCUT2D eigenvalue weighted by atomic mass is 9.99. The van der Waals surface area contributed by atoms with E-state index in [0.717, 1.165) is 29.6 Å². The van der Waals surface area contributed by atoms with E-state index in [9.17, 15) is 4.79 Å². The van der Waals surface area contributed by atoms with Crippen LogP contribution in [-0.4, -0.2) is 51.3 Å². The zero-order chi connectivity index (χ0) is 25.1. The van der Waals surface area contributed by atoms with Crippen LogP contribution in [0, 0.1) is 6.92 Å².